The van der Waals surface area contributed by atoms with E-state index in [0.29, 0.717) is 6.61 Å². The Hall–Kier alpha value is -1.30. The maximum atomic E-state index is 5.55. The smallest absolute Gasteiger partial charge is 0.0725 e. The molecule has 0 saturated carbocycles. The Balaban J connectivity index is 2.26. The first-order chi connectivity index (χ1) is 6.75. The third-order valence-corrected chi connectivity index (χ3v) is 2.17. The van der Waals surface area contributed by atoms with Gasteiger partial charge in [-0.15, -0.1) is 0 Å². The zero-order chi connectivity index (χ0) is 9.97. The second-order valence-corrected chi connectivity index (χ2v) is 3.53. The number of hydrogen-bond donors (Lipinski definition) is 1. The summed E-state index contributed by atoms with van der Waals surface area (Å²) in [6.07, 6.45) is 0. The molecule has 0 spiro atoms. The first kappa shape index (κ1) is 9.26. The molecule has 0 fully saturated rings. The molecular weight excluding hydrogens is 174 g/mol. The molecule has 1 atom stereocenters. The van der Waals surface area contributed by atoms with Crippen LogP contribution in [0.15, 0.2) is 18.2 Å². The van der Waals surface area contributed by atoms with E-state index in [1.165, 1.54) is 11.1 Å². The molecule has 0 bridgehead atoms. The van der Waals surface area contributed by atoms with Crippen molar-refractivity contribution in [3.63, 3.8) is 0 Å². The van der Waals surface area contributed by atoms with Crippen LogP contribution >= 0.6 is 0 Å². The van der Waals surface area contributed by atoms with Crippen molar-refractivity contribution < 1.29 is 4.74 Å². The zero-order valence-corrected chi connectivity index (χ0v) is 8.21. The highest BCUT2D eigenvalue weighted by Gasteiger charge is 2.10. The third-order valence-electron chi connectivity index (χ3n) is 2.17. The average Bonchev–Trinajstić information content (AvgIpc) is 2.61. The molecular formula is C12H13NO. The third kappa shape index (κ3) is 1.95. The van der Waals surface area contributed by atoms with Crippen molar-refractivity contribution in [1.29, 1.82) is 0 Å². The molecule has 72 valence electrons. The van der Waals surface area contributed by atoms with Crippen LogP contribution in [0.25, 0.3) is 0 Å². The Bertz CT molecular complexity index is 399. The number of benzene rings is 1. The van der Waals surface area contributed by atoms with E-state index in [-0.39, 0.29) is 6.04 Å². The molecule has 1 aliphatic heterocycles. The van der Waals surface area contributed by atoms with E-state index >= 15 is 0 Å². The van der Waals surface area contributed by atoms with Gasteiger partial charge >= 0.3 is 0 Å². The SMILES string of the molecule is CC(N)C#Cc1ccc2c(c1)COC2. The van der Waals surface area contributed by atoms with Gasteiger partial charge in [-0.1, -0.05) is 17.9 Å². The fourth-order valence-electron chi connectivity index (χ4n) is 1.45. The molecule has 2 nitrogen and oxygen atoms in total. The van der Waals surface area contributed by atoms with Gasteiger partial charge in [-0.05, 0) is 30.2 Å². The molecule has 0 radical (unpaired) electrons. The quantitative estimate of drug-likeness (QED) is 0.623. The van der Waals surface area contributed by atoms with E-state index in [2.05, 4.69) is 24.0 Å². The van der Waals surface area contributed by atoms with Gasteiger partial charge in [-0.25, -0.2) is 0 Å². The van der Waals surface area contributed by atoms with E-state index in [1.807, 2.05) is 13.0 Å². The van der Waals surface area contributed by atoms with Gasteiger partial charge in [-0.3, -0.25) is 0 Å². The molecule has 0 aliphatic carbocycles. The van der Waals surface area contributed by atoms with Crippen molar-refractivity contribution in [3.05, 3.63) is 34.9 Å². The topological polar surface area (TPSA) is 35.2 Å². The number of hydrogen-bond acceptors (Lipinski definition) is 2. The molecule has 1 aliphatic rings. The highest BCUT2D eigenvalue weighted by molar-refractivity contribution is 5.42. The molecule has 1 unspecified atom stereocenters. The Morgan fingerprint density at radius 3 is 2.93 bits per heavy atom. The molecule has 1 aromatic rings. The maximum absolute atomic E-state index is 5.55. The van der Waals surface area contributed by atoms with Crippen LogP contribution in [0.3, 0.4) is 0 Å². The van der Waals surface area contributed by atoms with Gasteiger partial charge in [0.05, 0.1) is 19.3 Å². The highest BCUT2D eigenvalue weighted by Crippen LogP contribution is 2.20. The summed E-state index contributed by atoms with van der Waals surface area (Å²) in [6, 6.07) is 6.10. The molecule has 1 heterocycles. The first-order valence-corrected chi connectivity index (χ1v) is 4.72. The standard InChI is InChI=1S/C12H13NO/c1-9(13)2-3-10-4-5-11-7-14-8-12(11)6-10/h4-6,9H,7-8,13H2,1H3. The van der Waals surface area contributed by atoms with Crippen molar-refractivity contribution in [2.45, 2.75) is 26.2 Å². The summed E-state index contributed by atoms with van der Waals surface area (Å²) >= 11 is 0. The number of fused-ring (bicyclic) bond motifs is 1. The van der Waals surface area contributed by atoms with Gasteiger partial charge in [0.25, 0.3) is 0 Å². The lowest BCUT2D eigenvalue weighted by molar-refractivity contribution is 0.134. The summed E-state index contributed by atoms with van der Waals surface area (Å²) in [5, 5.41) is 0. The summed E-state index contributed by atoms with van der Waals surface area (Å²) in [5.41, 5.74) is 9.10. The molecule has 14 heavy (non-hydrogen) atoms. The van der Waals surface area contributed by atoms with E-state index in [9.17, 15) is 0 Å². The summed E-state index contributed by atoms with van der Waals surface area (Å²) in [7, 11) is 0. The lowest BCUT2D eigenvalue weighted by atomic mass is 10.1. The van der Waals surface area contributed by atoms with Gasteiger partial charge in [0.15, 0.2) is 0 Å². The lowest BCUT2D eigenvalue weighted by Crippen LogP contribution is -2.10. The van der Waals surface area contributed by atoms with Crippen molar-refractivity contribution in [3.8, 4) is 11.8 Å². The van der Waals surface area contributed by atoms with Crippen LogP contribution in [0.5, 0.6) is 0 Å². The van der Waals surface area contributed by atoms with Gasteiger partial charge in [0.1, 0.15) is 0 Å². The average molecular weight is 187 g/mol. The number of ether oxygens (including phenoxy) is 1. The van der Waals surface area contributed by atoms with Crippen LogP contribution in [0.1, 0.15) is 23.6 Å². The molecule has 2 N–H and O–H groups in total. The lowest BCUT2D eigenvalue weighted by Gasteiger charge is -1.97. The van der Waals surface area contributed by atoms with Crippen molar-refractivity contribution in [2.24, 2.45) is 5.73 Å². The van der Waals surface area contributed by atoms with Crippen LogP contribution < -0.4 is 5.73 Å². The summed E-state index contributed by atoms with van der Waals surface area (Å²) < 4.78 is 5.32. The predicted octanol–water partition coefficient (Wildman–Crippen LogP) is 1.42. The molecule has 0 amide bonds. The fourth-order valence-corrected chi connectivity index (χ4v) is 1.45. The maximum Gasteiger partial charge on any atom is 0.0725 e. The highest BCUT2D eigenvalue weighted by atomic mass is 16.5. The molecule has 1 aromatic carbocycles. The molecule has 0 aromatic heterocycles. The second kappa shape index (κ2) is 3.83. The second-order valence-electron chi connectivity index (χ2n) is 3.53. The van der Waals surface area contributed by atoms with Crippen molar-refractivity contribution in [1.82, 2.24) is 0 Å². The van der Waals surface area contributed by atoms with E-state index in [0.717, 1.165) is 12.2 Å². The predicted molar refractivity (Wildman–Crippen MR) is 55.5 cm³/mol. The summed E-state index contributed by atoms with van der Waals surface area (Å²) in [6.45, 7) is 3.32. The minimum absolute atomic E-state index is 0.0699. The summed E-state index contributed by atoms with van der Waals surface area (Å²) in [4.78, 5) is 0. The number of rotatable bonds is 0. The summed E-state index contributed by atoms with van der Waals surface area (Å²) in [5.74, 6) is 5.98. The Kier molecular flexibility index (Phi) is 2.53. The van der Waals surface area contributed by atoms with Crippen LogP contribution in [0.4, 0.5) is 0 Å². The zero-order valence-electron chi connectivity index (χ0n) is 8.21. The first-order valence-electron chi connectivity index (χ1n) is 4.72. The fraction of sp³-hybridized carbons (Fsp3) is 0.333. The van der Waals surface area contributed by atoms with E-state index in [4.69, 9.17) is 10.5 Å². The monoisotopic (exact) mass is 187 g/mol. The molecule has 2 rings (SSSR count). The van der Waals surface area contributed by atoms with Crippen molar-refractivity contribution >= 4 is 0 Å². The minimum Gasteiger partial charge on any atom is -0.372 e. The molecule has 2 heteroatoms. The van der Waals surface area contributed by atoms with Gasteiger partial charge in [0, 0.05) is 5.56 Å². The van der Waals surface area contributed by atoms with Crippen LogP contribution in [0, 0.1) is 11.8 Å². The minimum atomic E-state index is -0.0699. The van der Waals surface area contributed by atoms with Crippen LogP contribution in [-0.2, 0) is 18.0 Å². The van der Waals surface area contributed by atoms with E-state index in [1.54, 1.807) is 0 Å². The normalized spacial score (nSPS) is 15.6. The molecule has 0 saturated heterocycles. The van der Waals surface area contributed by atoms with Crippen LogP contribution in [0.2, 0.25) is 0 Å². The Labute approximate surface area is 84.1 Å². The van der Waals surface area contributed by atoms with Gasteiger partial charge in [0.2, 0.25) is 0 Å². The van der Waals surface area contributed by atoms with Gasteiger partial charge < -0.3 is 10.5 Å². The Morgan fingerprint density at radius 1 is 1.36 bits per heavy atom. The van der Waals surface area contributed by atoms with E-state index < -0.39 is 0 Å². The Morgan fingerprint density at radius 2 is 2.14 bits per heavy atom. The van der Waals surface area contributed by atoms with Crippen LogP contribution in [-0.4, -0.2) is 6.04 Å². The van der Waals surface area contributed by atoms with Gasteiger partial charge in [-0.2, -0.15) is 0 Å². The van der Waals surface area contributed by atoms with Crippen molar-refractivity contribution in [2.75, 3.05) is 0 Å². The number of nitrogens with two attached hydrogens (primary N) is 1. The largest absolute Gasteiger partial charge is 0.372 e.